The summed E-state index contributed by atoms with van der Waals surface area (Å²) >= 11 is 0. The van der Waals surface area contributed by atoms with E-state index < -0.39 is 0 Å². The lowest BCUT2D eigenvalue weighted by molar-refractivity contribution is 0.570. The number of hydrogen-bond donors (Lipinski definition) is 1. The fourth-order valence-corrected chi connectivity index (χ4v) is 3.47. The van der Waals surface area contributed by atoms with Gasteiger partial charge in [0.2, 0.25) is 5.89 Å². The lowest BCUT2D eigenvalue weighted by Crippen LogP contribution is -2.04. The normalized spacial score (nSPS) is 11.1. The average molecular weight is 366 g/mol. The van der Waals surface area contributed by atoms with Crippen molar-refractivity contribution < 1.29 is 4.42 Å². The van der Waals surface area contributed by atoms with E-state index in [2.05, 4.69) is 23.3 Å². The maximum Gasteiger partial charge on any atom is 0.226 e. The molecule has 0 spiro atoms. The minimum Gasteiger partial charge on any atom is -0.444 e. The molecule has 2 N–H and O–H groups in total. The van der Waals surface area contributed by atoms with Crippen LogP contribution < -0.4 is 5.73 Å². The molecule has 0 fully saturated rings. The van der Waals surface area contributed by atoms with Crippen LogP contribution in [0.5, 0.6) is 0 Å². The summed E-state index contributed by atoms with van der Waals surface area (Å²) in [7, 11) is 0. The van der Waals surface area contributed by atoms with Crippen molar-refractivity contribution in [2.45, 2.75) is 6.54 Å². The van der Waals surface area contributed by atoms with Crippen LogP contribution >= 0.6 is 0 Å². The van der Waals surface area contributed by atoms with E-state index in [9.17, 15) is 0 Å². The molecular formula is C23H18N4O. The van der Waals surface area contributed by atoms with Gasteiger partial charge >= 0.3 is 0 Å². The van der Waals surface area contributed by atoms with Crippen molar-refractivity contribution in [1.29, 1.82) is 0 Å². The molecule has 0 unspecified atom stereocenters. The van der Waals surface area contributed by atoms with Crippen molar-refractivity contribution in [1.82, 2.24) is 14.8 Å². The van der Waals surface area contributed by atoms with Crippen LogP contribution in [0.1, 0.15) is 5.69 Å². The first-order chi connectivity index (χ1) is 13.8. The highest BCUT2D eigenvalue weighted by Crippen LogP contribution is 2.28. The number of benzene rings is 3. The van der Waals surface area contributed by atoms with Crippen LogP contribution in [0.4, 0.5) is 5.82 Å². The molecule has 2 aromatic heterocycles. The highest BCUT2D eigenvalue weighted by atomic mass is 16.3. The average Bonchev–Trinajstić information content (AvgIpc) is 3.35. The van der Waals surface area contributed by atoms with E-state index in [1.165, 1.54) is 0 Å². The summed E-state index contributed by atoms with van der Waals surface area (Å²) < 4.78 is 7.66. The van der Waals surface area contributed by atoms with Crippen molar-refractivity contribution in [2.24, 2.45) is 0 Å². The first-order valence-electron chi connectivity index (χ1n) is 9.09. The van der Waals surface area contributed by atoms with Crippen molar-refractivity contribution in [3.05, 3.63) is 90.8 Å². The Bertz CT molecular complexity index is 1250. The van der Waals surface area contributed by atoms with Gasteiger partial charge in [0.1, 0.15) is 17.8 Å². The Kier molecular flexibility index (Phi) is 3.91. The Morgan fingerprint density at radius 3 is 2.57 bits per heavy atom. The quantitative estimate of drug-likeness (QED) is 0.486. The van der Waals surface area contributed by atoms with Gasteiger partial charge in [-0.15, -0.1) is 0 Å². The van der Waals surface area contributed by atoms with Crippen molar-refractivity contribution in [3.63, 3.8) is 0 Å². The first kappa shape index (κ1) is 16.3. The summed E-state index contributed by atoms with van der Waals surface area (Å²) in [4.78, 5) is 4.70. The molecule has 0 aliphatic carbocycles. The third-order valence-electron chi connectivity index (χ3n) is 4.75. The molecule has 3 aromatic carbocycles. The molecule has 2 heterocycles. The van der Waals surface area contributed by atoms with Crippen molar-refractivity contribution >= 4 is 16.6 Å². The number of hydrogen-bond acceptors (Lipinski definition) is 4. The van der Waals surface area contributed by atoms with E-state index in [0.29, 0.717) is 18.3 Å². The molecule has 0 aliphatic heterocycles. The molecule has 0 atom stereocenters. The van der Waals surface area contributed by atoms with E-state index in [1.807, 2.05) is 65.3 Å². The van der Waals surface area contributed by atoms with Crippen LogP contribution in [0.15, 0.2) is 89.5 Å². The van der Waals surface area contributed by atoms with Crippen LogP contribution in [0, 0.1) is 0 Å². The number of oxazole rings is 1. The molecule has 0 aliphatic rings. The Balaban J connectivity index is 1.50. The zero-order chi connectivity index (χ0) is 18.9. The zero-order valence-electron chi connectivity index (χ0n) is 15.1. The fourth-order valence-electron chi connectivity index (χ4n) is 3.47. The predicted octanol–water partition coefficient (Wildman–Crippen LogP) is 4.99. The third-order valence-corrected chi connectivity index (χ3v) is 4.75. The van der Waals surface area contributed by atoms with Gasteiger partial charge in [0.25, 0.3) is 0 Å². The van der Waals surface area contributed by atoms with E-state index in [1.54, 1.807) is 6.26 Å². The fraction of sp³-hybridized carbons (Fsp3) is 0.0435. The van der Waals surface area contributed by atoms with Gasteiger partial charge in [0.15, 0.2) is 0 Å². The monoisotopic (exact) mass is 366 g/mol. The molecule has 0 radical (unpaired) electrons. The number of rotatable bonds is 4. The summed E-state index contributed by atoms with van der Waals surface area (Å²) in [5.41, 5.74) is 9.74. The first-order valence-corrected chi connectivity index (χ1v) is 9.09. The standard InChI is InChI=1S/C23H18N4O/c24-22-13-21(17-8-2-1-3-9-17)27(26-22)14-18-15-28-23(25-18)20-12-6-10-16-7-4-5-11-19(16)20/h1-13,15H,14H2,(H2,24,26). The van der Waals surface area contributed by atoms with Gasteiger partial charge in [-0.3, -0.25) is 4.68 Å². The van der Waals surface area contributed by atoms with Crippen LogP contribution in [0.3, 0.4) is 0 Å². The summed E-state index contributed by atoms with van der Waals surface area (Å²) in [5.74, 6) is 1.09. The van der Waals surface area contributed by atoms with Gasteiger partial charge in [0, 0.05) is 11.6 Å². The molecule has 0 amide bonds. The third kappa shape index (κ3) is 2.93. The van der Waals surface area contributed by atoms with Crippen LogP contribution in [0.25, 0.3) is 33.5 Å². The molecule has 0 saturated carbocycles. The molecule has 136 valence electrons. The van der Waals surface area contributed by atoms with Gasteiger partial charge < -0.3 is 10.2 Å². The molecule has 28 heavy (non-hydrogen) atoms. The second-order valence-corrected chi connectivity index (χ2v) is 6.65. The minimum atomic E-state index is 0.482. The summed E-state index contributed by atoms with van der Waals surface area (Å²) in [6, 6.07) is 26.3. The maximum atomic E-state index is 5.95. The van der Waals surface area contributed by atoms with Crippen LogP contribution in [-0.2, 0) is 6.54 Å². The van der Waals surface area contributed by atoms with Gasteiger partial charge in [-0.1, -0.05) is 66.7 Å². The van der Waals surface area contributed by atoms with Crippen LogP contribution in [0.2, 0.25) is 0 Å². The smallest absolute Gasteiger partial charge is 0.226 e. The van der Waals surface area contributed by atoms with E-state index >= 15 is 0 Å². The van der Waals surface area contributed by atoms with E-state index in [-0.39, 0.29) is 0 Å². The number of aromatic nitrogens is 3. The van der Waals surface area contributed by atoms with E-state index in [4.69, 9.17) is 15.1 Å². The largest absolute Gasteiger partial charge is 0.444 e. The Hall–Kier alpha value is -3.86. The van der Waals surface area contributed by atoms with Gasteiger partial charge in [-0.05, 0) is 22.4 Å². The van der Waals surface area contributed by atoms with Crippen LogP contribution in [-0.4, -0.2) is 14.8 Å². The molecular weight excluding hydrogens is 348 g/mol. The lowest BCUT2D eigenvalue weighted by atomic mass is 10.0. The lowest BCUT2D eigenvalue weighted by Gasteiger charge is -2.05. The Labute approximate surface area is 162 Å². The Morgan fingerprint density at radius 1 is 0.893 bits per heavy atom. The topological polar surface area (TPSA) is 69.9 Å². The maximum absolute atomic E-state index is 5.95. The number of nitrogens with two attached hydrogens (primary N) is 1. The van der Waals surface area contributed by atoms with Gasteiger partial charge in [-0.2, -0.15) is 5.10 Å². The summed E-state index contributed by atoms with van der Waals surface area (Å²) in [6.07, 6.45) is 1.68. The van der Waals surface area contributed by atoms with E-state index in [0.717, 1.165) is 33.3 Å². The minimum absolute atomic E-state index is 0.482. The SMILES string of the molecule is Nc1cc(-c2ccccc2)n(Cc2coc(-c3cccc4ccccc34)n2)n1. The molecule has 0 saturated heterocycles. The van der Waals surface area contributed by atoms with Crippen molar-refractivity contribution in [3.8, 4) is 22.7 Å². The second kappa shape index (κ2) is 6.70. The highest BCUT2D eigenvalue weighted by molar-refractivity contribution is 5.94. The number of anilines is 1. The number of nitrogens with zero attached hydrogens (tertiary/aromatic N) is 3. The molecule has 5 heteroatoms. The van der Waals surface area contributed by atoms with Gasteiger partial charge in [-0.25, -0.2) is 4.98 Å². The highest BCUT2D eigenvalue weighted by Gasteiger charge is 2.13. The predicted molar refractivity (Wildman–Crippen MR) is 111 cm³/mol. The summed E-state index contributed by atoms with van der Waals surface area (Å²) in [6.45, 7) is 0.482. The zero-order valence-corrected chi connectivity index (χ0v) is 15.1. The summed E-state index contributed by atoms with van der Waals surface area (Å²) in [5, 5.41) is 6.70. The number of fused-ring (bicyclic) bond motifs is 1. The molecule has 5 aromatic rings. The van der Waals surface area contributed by atoms with Gasteiger partial charge in [0.05, 0.1) is 12.2 Å². The molecule has 0 bridgehead atoms. The van der Waals surface area contributed by atoms with Crippen molar-refractivity contribution in [2.75, 3.05) is 5.73 Å². The number of nitrogen functional groups attached to an aromatic ring is 1. The molecule has 5 nitrogen and oxygen atoms in total. The Morgan fingerprint density at radius 2 is 1.68 bits per heavy atom. The molecule has 5 rings (SSSR count). The second-order valence-electron chi connectivity index (χ2n) is 6.65.